The Hall–Kier alpha value is -4.06. The van der Waals surface area contributed by atoms with Crippen LogP contribution in [0.25, 0.3) is 10.9 Å². The predicted molar refractivity (Wildman–Crippen MR) is 137 cm³/mol. The van der Waals surface area contributed by atoms with E-state index in [-0.39, 0.29) is 6.04 Å². The summed E-state index contributed by atoms with van der Waals surface area (Å²) in [5.41, 5.74) is 5.62. The Morgan fingerprint density at radius 3 is 2.50 bits per heavy atom. The largest absolute Gasteiger partial charge is 0.383 e. The van der Waals surface area contributed by atoms with Crippen LogP contribution < -0.4 is 10.6 Å². The van der Waals surface area contributed by atoms with E-state index in [0.29, 0.717) is 25.3 Å². The predicted octanol–water partition coefficient (Wildman–Crippen LogP) is 4.62. The van der Waals surface area contributed by atoms with Crippen molar-refractivity contribution in [3.05, 3.63) is 90.5 Å². The van der Waals surface area contributed by atoms with E-state index >= 15 is 0 Å². The zero-order chi connectivity index (χ0) is 23.8. The Labute approximate surface area is 199 Å². The van der Waals surface area contributed by atoms with Gasteiger partial charge in [-0.2, -0.15) is 0 Å². The van der Waals surface area contributed by atoms with Crippen LogP contribution in [0.5, 0.6) is 0 Å². The zero-order valence-corrected chi connectivity index (χ0v) is 19.4. The van der Waals surface area contributed by atoms with Gasteiger partial charge in [0.15, 0.2) is 0 Å². The number of aromatic amines is 1. The molecular formula is C27H29N5O2. The molecule has 2 aromatic carbocycles. The van der Waals surface area contributed by atoms with E-state index in [9.17, 15) is 4.79 Å². The molecule has 0 bridgehead atoms. The molecule has 0 aliphatic heterocycles. The van der Waals surface area contributed by atoms with Crippen molar-refractivity contribution in [2.45, 2.75) is 12.5 Å². The van der Waals surface area contributed by atoms with Crippen LogP contribution in [0.15, 0.2) is 85.0 Å². The van der Waals surface area contributed by atoms with Crippen LogP contribution in [0.3, 0.4) is 0 Å². The third-order valence-corrected chi connectivity index (χ3v) is 5.77. The molecule has 0 amide bonds. The number of ether oxygens (including phenoxy) is 1. The van der Waals surface area contributed by atoms with Gasteiger partial charge in [-0.25, -0.2) is 4.79 Å². The van der Waals surface area contributed by atoms with Crippen molar-refractivity contribution in [2.75, 3.05) is 37.9 Å². The summed E-state index contributed by atoms with van der Waals surface area (Å²) >= 11 is 0. The number of hydrogen-bond acceptors (Lipinski definition) is 6. The molecule has 0 spiro atoms. The first-order valence-corrected chi connectivity index (χ1v) is 11.2. The van der Waals surface area contributed by atoms with Gasteiger partial charge in [0.1, 0.15) is 11.6 Å². The van der Waals surface area contributed by atoms with Crippen molar-refractivity contribution in [2.24, 2.45) is 0 Å². The maximum absolute atomic E-state index is 12.1. The maximum Gasteiger partial charge on any atom is 0.148 e. The van der Waals surface area contributed by atoms with E-state index < -0.39 is 0 Å². The molecule has 7 nitrogen and oxygen atoms in total. The fourth-order valence-corrected chi connectivity index (χ4v) is 3.95. The minimum Gasteiger partial charge on any atom is -0.383 e. The Kier molecular flexibility index (Phi) is 7.60. The van der Waals surface area contributed by atoms with Gasteiger partial charge >= 0.3 is 0 Å². The highest BCUT2D eigenvalue weighted by atomic mass is 16.5. The molecule has 0 aliphatic rings. The fourth-order valence-electron chi connectivity index (χ4n) is 3.95. The first-order chi connectivity index (χ1) is 16.7. The van der Waals surface area contributed by atoms with Crippen molar-refractivity contribution in [1.29, 1.82) is 0 Å². The zero-order valence-electron chi connectivity index (χ0n) is 19.4. The molecule has 2 heterocycles. The Bertz CT molecular complexity index is 1250. The van der Waals surface area contributed by atoms with Crippen LogP contribution in [0, 0.1) is 0 Å². The number of anilines is 3. The monoisotopic (exact) mass is 455 g/mol. The Morgan fingerprint density at radius 2 is 1.76 bits per heavy atom. The Morgan fingerprint density at radius 1 is 1.06 bits per heavy atom. The molecule has 7 heteroatoms. The topological polar surface area (TPSA) is 82.3 Å². The number of benzene rings is 2. The number of likely N-dealkylation sites (N-methyl/N-ethyl adjacent to an activating group) is 1. The van der Waals surface area contributed by atoms with Gasteiger partial charge in [-0.15, -0.1) is 0 Å². The first-order valence-electron chi connectivity index (χ1n) is 11.2. The van der Waals surface area contributed by atoms with Crippen LogP contribution in [0.1, 0.15) is 5.56 Å². The van der Waals surface area contributed by atoms with E-state index in [1.807, 2.05) is 66.7 Å². The highest BCUT2D eigenvalue weighted by molar-refractivity contribution is 5.83. The summed E-state index contributed by atoms with van der Waals surface area (Å²) in [7, 11) is 3.55. The normalized spacial score (nSPS) is 11.6. The van der Waals surface area contributed by atoms with E-state index in [2.05, 4.69) is 38.7 Å². The number of nitrogens with zero attached hydrogens (tertiary/aromatic N) is 2. The summed E-state index contributed by atoms with van der Waals surface area (Å²) in [6.45, 7) is 1.12. The number of para-hydroxylation sites is 1. The van der Waals surface area contributed by atoms with Crippen LogP contribution >= 0.6 is 0 Å². The Balaban J connectivity index is 1.56. The quantitative estimate of drug-likeness (QED) is 0.286. The van der Waals surface area contributed by atoms with Crippen molar-refractivity contribution in [3.63, 3.8) is 0 Å². The second kappa shape index (κ2) is 11.2. The van der Waals surface area contributed by atoms with Gasteiger partial charge < -0.3 is 25.3 Å². The second-order valence-electron chi connectivity index (χ2n) is 8.10. The molecule has 34 heavy (non-hydrogen) atoms. The molecule has 0 aliphatic carbocycles. The number of fused-ring (bicyclic) bond motifs is 1. The molecule has 2 aromatic heterocycles. The van der Waals surface area contributed by atoms with Crippen molar-refractivity contribution in [1.82, 2.24) is 14.9 Å². The molecule has 3 N–H and O–H groups in total. The van der Waals surface area contributed by atoms with Gasteiger partial charge in [0.05, 0.1) is 12.6 Å². The highest BCUT2D eigenvalue weighted by Crippen LogP contribution is 2.24. The molecule has 1 unspecified atom stereocenters. The molecule has 4 aromatic rings. The summed E-state index contributed by atoms with van der Waals surface area (Å²) in [6, 6.07) is 19.8. The summed E-state index contributed by atoms with van der Waals surface area (Å²) in [4.78, 5) is 21.4. The van der Waals surface area contributed by atoms with Crippen LogP contribution in [0.2, 0.25) is 0 Å². The van der Waals surface area contributed by atoms with E-state index in [1.54, 1.807) is 19.5 Å². The summed E-state index contributed by atoms with van der Waals surface area (Å²) < 4.78 is 5.21. The lowest BCUT2D eigenvalue weighted by Crippen LogP contribution is -2.36. The van der Waals surface area contributed by atoms with Gasteiger partial charge in [-0.1, -0.05) is 18.2 Å². The highest BCUT2D eigenvalue weighted by Gasteiger charge is 2.21. The van der Waals surface area contributed by atoms with Crippen molar-refractivity contribution < 1.29 is 9.53 Å². The van der Waals surface area contributed by atoms with Crippen molar-refractivity contribution in [3.8, 4) is 0 Å². The number of hydrogen-bond donors (Lipinski definition) is 3. The first kappa shape index (κ1) is 23.1. The van der Waals surface area contributed by atoms with E-state index in [4.69, 9.17) is 4.74 Å². The van der Waals surface area contributed by atoms with Gasteiger partial charge in [0, 0.05) is 73.7 Å². The number of carbonyl (C=O) groups excluding carboxylic acids is 1. The van der Waals surface area contributed by atoms with E-state index in [1.165, 1.54) is 0 Å². The second-order valence-corrected chi connectivity index (χ2v) is 8.10. The minimum atomic E-state index is -0.266. The number of rotatable bonds is 11. The van der Waals surface area contributed by atoms with Gasteiger partial charge in [0.2, 0.25) is 0 Å². The van der Waals surface area contributed by atoms with E-state index in [0.717, 1.165) is 33.5 Å². The SMILES string of the molecule is COCCN(C)C(=C=O)C(Cc1c[nH]c2ccccc12)Nc1ccc(Nc2ccncc2)cc1. The number of methoxy groups -OCH3 is 1. The van der Waals surface area contributed by atoms with Gasteiger partial charge in [-0.3, -0.25) is 4.98 Å². The van der Waals surface area contributed by atoms with Gasteiger partial charge in [-0.05, 0) is 48.0 Å². The molecule has 174 valence electrons. The summed E-state index contributed by atoms with van der Waals surface area (Å²) in [5, 5.41) is 8.05. The maximum atomic E-state index is 12.1. The lowest BCUT2D eigenvalue weighted by Gasteiger charge is -2.28. The lowest BCUT2D eigenvalue weighted by molar-refractivity contribution is 0.172. The van der Waals surface area contributed by atoms with Gasteiger partial charge in [0.25, 0.3) is 0 Å². The minimum absolute atomic E-state index is 0.266. The molecular weight excluding hydrogens is 426 g/mol. The van der Waals surface area contributed by atoms with Crippen molar-refractivity contribution >= 4 is 33.9 Å². The number of nitrogens with one attached hydrogen (secondary N) is 3. The lowest BCUT2D eigenvalue weighted by atomic mass is 10.0. The number of aromatic nitrogens is 2. The molecule has 0 radical (unpaired) electrons. The smallest absolute Gasteiger partial charge is 0.148 e. The fraction of sp³-hybridized carbons (Fsp3) is 0.222. The molecule has 0 saturated heterocycles. The molecule has 1 atom stereocenters. The molecule has 4 rings (SSSR count). The third-order valence-electron chi connectivity index (χ3n) is 5.77. The standard InChI is InChI=1S/C27H29N5O2/c1-32(15-16-34-2)27(19-33)26(17-20-18-29-25-6-4-3-5-24(20)25)31-22-9-7-21(8-10-22)30-23-11-13-28-14-12-23/h3-14,18,26,29,31H,15-17H2,1-2H3,(H,28,30). The molecule has 0 fully saturated rings. The number of pyridine rings is 1. The summed E-state index contributed by atoms with van der Waals surface area (Å²) in [6.07, 6.45) is 6.14. The average Bonchev–Trinajstić information content (AvgIpc) is 3.28. The average molecular weight is 456 g/mol. The third kappa shape index (κ3) is 5.64. The molecule has 0 saturated carbocycles. The van der Waals surface area contributed by atoms with Crippen LogP contribution in [-0.2, 0) is 16.0 Å². The van der Waals surface area contributed by atoms with Crippen LogP contribution in [0.4, 0.5) is 17.1 Å². The summed E-state index contributed by atoms with van der Waals surface area (Å²) in [5.74, 6) is 2.18. The number of H-pyrrole nitrogens is 1. The van der Waals surface area contributed by atoms with Crippen LogP contribution in [-0.4, -0.2) is 54.2 Å².